The van der Waals surface area contributed by atoms with Gasteiger partial charge < -0.3 is 5.32 Å². The van der Waals surface area contributed by atoms with E-state index in [1.54, 1.807) is 18.6 Å². The van der Waals surface area contributed by atoms with Gasteiger partial charge in [-0.3, -0.25) is 5.32 Å². The van der Waals surface area contributed by atoms with E-state index in [0.29, 0.717) is 12.4 Å². The van der Waals surface area contributed by atoms with Gasteiger partial charge in [-0.2, -0.15) is 0 Å². The SMILES string of the molecule is CCNC(=O)Nc1cc2c(-c3cncnc3)ccc(C)c2cn1. The summed E-state index contributed by atoms with van der Waals surface area (Å²) in [6, 6.07) is 5.69. The van der Waals surface area contributed by atoms with E-state index in [4.69, 9.17) is 0 Å². The van der Waals surface area contributed by atoms with Crippen LogP contribution >= 0.6 is 0 Å². The first-order chi connectivity index (χ1) is 11.2. The van der Waals surface area contributed by atoms with Crippen molar-refractivity contribution in [2.75, 3.05) is 11.9 Å². The number of nitrogens with zero attached hydrogens (tertiary/aromatic N) is 3. The van der Waals surface area contributed by atoms with Crippen molar-refractivity contribution in [3.05, 3.63) is 48.7 Å². The van der Waals surface area contributed by atoms with E-state index in [0.717, 1.165) is 27.5 Å². The molecule has 0 saturated heterocycles. The maximum Gasteiger partial charge on any atom is 0.320 e. The summed E-state index contributed by atoms with van der Waals surface area (Å²) in [5, 5.41) is 7.47. The molecule has 3 rings (SSSR count). The number of aryl methyl sites for hydroxylation is 1. The van der Waals surface area contributed by atoms with Crippen LogP contribution in [0.2, 0.25) is 0 Å². The van der Waals surface area contributed by atoms with Crippen LogP contribution in [-0.4, -0.2) is 27.5 Å². The molecule has 0 saturated carbocycles. The maximum absolute atomic E-state index is 11.7. The van der Waals surface area contributed by atoms with Crippen molar-refractivity contribution in [2.45, 2.75) is 13.8 Å². The summed E-state index contributed by atoms with van der Waals surface area (Å²) < 4.78 is 0. The third-order valence-corrected chi connectivity index (χ3v) is 3.57. The number of anilines is 1. The molecule has 3 aromatic rings. The Bertz CT molecular complexity index is 848. The minimum absolute atomic E-state index is 0.267. The van der Waals surface area contributed by atoms with E-state index >= 15 is 0 Å². The van der Waals surface area contributed by atoms with Gasteiger partial charge in [-0.25, -0.2) is 19.7 Å². The third-order valence-electron chi connectivity index (χ3n) is 3.57. The van der Waals surface area contributed by atoms with Gasteiger partial charge in [-0.05, 0) is 36.4 Å². The first kappa shape index (κ1) is 14.9. The van der Waals surface area contributed by atoms with Gasteiger partial charge in [-0.1, -0.05) is 12.1 Å². The monoisotopic (exact) mass is 307 g/mol. The predicted octanol–water partition coefficient (Wildman–Crippen LogP) is 3.14. The lowest BCUT2D eigenvalue weighted by Gasteiger charge is -2.11. The number of pyridine rings is 1. The third kappa shape index (κ3) is 3.11. The molecule has 116 valence electrons. The lowest BCUT2D eigenvalue weighted by molar-refractivity contribution is 0.252. The predicted molar refractivity (Wildman–Crippen MR) is 90.2 cm³/mol. The number of nitrogens with one attached hydrogen (secondary N) is 2. The highest BCUT2D eigenvalue weighted by molar-refractivity contribution is 6.00. The number of carbonyl (C=O) groups is 1. The van der Waals surface area contributed by atoms with E-state index in [1.165, 1.54) is 6.33 Å². The van der Waals surface area contributed by atoms with Crippen LogP contribution in [0.15, 0.2) is 43.1 Å². The van der Waals surface area contributed by atoms with E-state index in [-0.39, 0.29) is 6.03 Å². The van der Waals surface area contributed by atoms with Crippen LogP contribution in [0.25, 0.3) is 21.9 Å². The molecule has 0 unspecified atom stereocenters. The van der Waals surface area contributed by atoms with Crippen LogP contribution in [0.1, 0.15) is 12.5 Å². The highest BCUT2D eigenvalue weighted by Gasteiger charge is 2.09. The Balaban J connectivity index is 2.10. The molecule has 2 N–H and O–H groups in total. The second-order valence-corrected chi connectivity index (χ2v) is 5.16. The Morgan fingerprint density at radius 1 is 1.13 bits per heavy atom. The highest BCUT2D eigenvalue weighted by Crippen LogP contribution is 2.30. The van der Waals surface area contributed by atoms with Crippen LogP contribution in [0.3, 0.4) is 0 Å². The molecule has 0 aliphatic carbocycles. The second-order valence-electron chi connectivity index (χ2n) is 5.16. The van der Waals surface area contributed by atoms with Gasteiger partial charge in [0.1, 0.15) is 12.1 Å². The average molecular weight is 307 g/mol. The molecule has 0 aliphatic rings. The van der Waals surface area contributed by atoms with Crippen LogP contribution in [0, 0.1) is 6.92 Å². The first-order valence-electron chi connectivity index (χ1n) is 7.38. The Morgan fingerprint density at radius 3 is 2.65 bits per heavy atom. The van der Waals surface area contributed by atoms with Crippen molar-refractivity contribution < 1.29 is 4.79 Å². The number of fused-ring (bicyclic) bond motifs is 1. The molecule has 23 heavy (non-hydrogen) atoms. The molecule has 1 aromatic carbocycles. The molecular formula is C17H17N5O. The molecule has 2 aromatic heterocycles. The van der Waals surface area contributed by atoms with E-state index in [2.05, 4.69) is 25.6 Å². The summed E-state index contributed by atoms with van der Waals surface area (Å²) in [5.41, 5.74) is 3.05. The first-order valence-corrected chi connectivity index (χ1v) is 7.38. The summed E-state index contributed by atoms with van der Waals surface area (Å²) in [5.74, 6) is 0.507. The fraction of sp³-hybridized carbons (Fsp3) is 0.176. The Labute approximate surface area is 134 Å². The quantitative estimate of drug-likeness (QED) is 0.779. The molecule has 6 nitrogen and oxygen atoms in total. The van der Waals surface area contributed by atoms with Crippen molar-refractivity contribution in [3.8, 4) is 11.1 Å². The minimum Gasteiger partial charge on any atom is -0.338 e. The second kappa shape index (κ2) is 6.39. The van der Waals surface area contributed by atoms with Gasteiger partial charge in [0, 0.05) is 36.1 Å². The largest absolute Gasteiger partial charge is 0.338 e. The standard InChI is InChI=1S/C17H17N5O/c1-3-20-17(23)22-16-6-14-13(12-7-18-10-19-8-12)5-4-11(2)15(14)9-21-16/h4-10H,3H2,1-2H3,(H2,20,21,22,23). The van der Waals surface area contributed by atoms with Crippen LogP contribution in [0.4, 0.5) is 10.6 Å². The molecule has 2 amide bonds. The summed E-state index contributed by atoms with van der Waals surface area (Å²) in [7, 11) is 0. The average Bonchev–Trinajstić information content (AvgIpc) is 2.56. The Morgan fingerprint density at radius 2 is 1.91 bits per heavy atom. The topological polar surface area (TPSA) is 79.8 Å². The maximum atomic E-state index is 11.7. The number of amides is 2. The van der Waals surface area contributed by atoms with Gasteiger partial charge in [0.2, 0.25) is 0 Å². The Hall–Kier alpha value is -3.02. The number of rotatable bonds is 3. The molecule has 6 heteroatoms. The minimum atomic E-state index is -0.267. The summed E-state index contributed by atoms with van der Waals surface area (Å²) in [6.45, 7) is 4.46. The molecule has 0 atom stereocenters. The van der Waals surface area contributed by atoms with Crippen molar-refractivity contribution in [1.29, 1.82) is 0 Å². The Kier molecular flexibility index (Phi) is 4.14. The molecule has 0 fully saturated rings. The van der Waals surface area contributed by atoms with Crippen molar-refractivity contribution >= 4 is 22.6 Å². The van der Waals surface area contributed by atoms with Gasteiger partial charge >= 0.3 is 6.03 Å². The van der Waals surface area contributed by atoms with Gasteiger partial charge in [-0.15, -0.1) is 0 Å². The smallest absolute Gasteiger partial charge is 0.320 e. The summed E-state index contributed by atoms with van der Waals surface area (Å²) in [6.07, 6.45) is 6.83. The summed E-state index contributed by atoms with van der Waals surface area (Å²) >= 11 is 0. The number of carbonyl (C=O) groups excluding carboxylic acids is 1. The van der Waals surface area contributed by atoms with Crippen molar-refractivity contribution in [3.63, 3.8) is 0 Å². The number of urea groups is 1. The zero-order chi connectivity index (χ0) is 16.2. The van der Waals surface area contributed by atoms with Gasteiger partial charge in [0.05, 0.1) is 0 Å². The molecule has 0 spiro atoms. The molecule has 0 bridgehead atoms. The fourth-order valence-corrected chi connectivity index (χ4v) is 2.46. The zero-order valence-corrected chi connectivity index (χ0v) is 13.0. The van der Waals surface area contributed by atoms with Crippen LogP contribution in [0.5, 0.6) is 0 Å². The van der Waals surface area contributed by atoms with Crippen LogP contribution in [-0.2, 0) is 0 Å². The molecular weight excluding hydrogens is 290 g/mol. The van der Waals surface area contributed by atoms with E-state index in [9.17, 15) is 4.79 Å². The molecule has 0 aliphatic heterocycles. The number of hydrogen-bond donors (Lipinski definition) is 2. The molecule has 2 heterocycles. The van der Waals surface area contributed by atoms with Gasteiger partial charge in [0.25, 0.3) is 0 Å². The van der Waals surface area contributed by atoms with Gasteiger partial charge in [0.15, 0.2) is 0 Å². The highest BCUT2D eigenvalue weighted by atomic mass is 16.2. The van der Waals surface area contributed by atoms with E-state index in [1.807, 2.05) is 32.0 Å². The van der Waals surface area contributed by atoms with Crippen molar-refractivity contribution in [1.82, 2.24) is 20.3 Å². The zero-order valence-electron chi connectivity index (χ0n) is 13.0. The van der Waals surface area contributed by atoms with Crippen molar-refractivity contribution in [2.24, 2.45) is 0 Å². The number of hydrogen-bond acceptors (Lipinski definition) is 4. The fourth-order valence-electron chi connectivity index (χ4n) is 2.46. The number of benzene rings is 1. The number of aromatic nitrogens is 3. The van der Waals surface area contributed by atoms with Crippen LogP contribution < -0.4 is 10.6 Å². The molecule has 0 radical (unpaired) electrons. The lowest BCUT2D eigenvalue weighted by Crippen LogP contribution is -2.28. The summed E-state index contributed by atoms with van der Waals surface area (Å²) in [4.78, 5) is 24.2. The van der Waals surface area contributed by atoms with E-state index < -0.39 is 0 Å². The normalized spacial score (nSPS) is 10.5. The lowest BCUT2D eigenvalue weighted by atomic mass is 9.98.